The normalized spacial score (nSPS) is 10.8. The third-order valence-electron chi connectivity index (χ3n) is 3.11. The molecule has 1 aromatic carbocycles. The van der Waals surface area contributed by atoms with Gasteiger partial charge in [-0.1, -0.05) is 0 Å². The molecule has 3 rings (SSSR count). The van der Waals surface area contributed by atoms with E-state index in [-0.39, 0.29) is 0 Å². The van der Waals surface area contributed by atoms with E-state index in [9.17, 15) is 4.79 Å². The lowest BCUT2D eigenvalue weighted by atomic mass is 10.2. The summed E-state index contributed by atoms with van der Waals surface area (Å²) in [7, 11) is 4.47. The minimum atomic E-state index is -0.398. The van der Waals surface area contributed by atoms with E-state index in [1.807, 2.05) is 0 Å². The van der Waals surface area contributed by atoms with Crippen LogP contribution in [0.3, 0.4) is 0 Å². The van der Waals surface area contributed by atoms with Crippen LogP contribution in [0.15, 0.2) is 18.5 Å². The molecule has 108 valence electrons. The Hall–Kier alpha value is -2.41. The van der Waals surface area contributed by atoms with Gasteiger partial charge in [-0.15, -0.1) is 11.3 Å². The van der Waals surface area contributed by atoms with Crippen molar-refractivity contribution in [3.05, 3.63) is 23.3 Å². The summed E-state index contributed by atoms with van der Waals surface area (Å²) in [5.41, 5.74) is 1.20. The molecule has 21 heavy (non-hydrogen) atoms. The van der Waals surface area contributed by atoms with Crippen molar-refractivity contribution < 1.29 is 19.0 Å². The summed E-state index contributed by atoms with van der Waals surface area (Å²) in [4.78, 5) is 20.8. The fraction of sp³-hybridized carbons (Fsp3) is 0.214. The first-order valence-corrected chi connectivity index (χ1v) is 6.89. The third kappa shape index (κ3) is 1.97. The van der Waals surface area contributed by atoms with Gasteiger partial charge in [0.05, 0.1) is 26.0 Å². The minimum Gasteiger partial charge on any atom is -0.494 e. The standard InChI is InChI=1S/C14H12N2O4S/c1-18-11-7-6-8(14(17)20-3)21-13(7)12(19-2)10-9(11)15-4-5-16-10/h4-6H,1-3H3. The summed E-state index contributed by atoms with van der Waals surface area (Å²) in [5, 5.41) is 0.757. The number of fused-ring (bicyclic) bond motifs is 2. The molecule has 0 bridgehead atoms. The number of hydrogen-bond acceptors (Lipinski definition) is 7. The van der Waals surface area contributed by atoms with E-state index in [2.05, 4.69) is 9.97 Å². The zero-order chi connectivity index (χ0) is 15.0. The van der Waals surface area contributed by atoms with Gasteiger partial charge in [0.1, 0.15) is 15.9 Å². The molecular formula is C14H12N2O4S. The van der Waals surface area contributed by atoms with Gasteiger partial charge in [0, 0.05) is 17.8 Å². The van der Waals surface area contributed by atoms with Crippen molar-refractivity contribution >= 4 is 38.4 Å². The van der Waals surface area contributed by atoms with Crippen molar-refractivity contribution in [1.29, 1.82) is 0 Å². The van der Waals surface area contributed by atoms with Crippen molar-refractivity contribution in [3.63, 3.8) is 0 Å². The van der Waals surface area contributed by atoms with Gasteiger partial charge < -0.3 is 14.2 Å². The Balaban J connectivity index is 2.47. The number of carbonyl (C=O) groups is 1. The zero-order valence-corrected chi connectivity index (χ0v) is 12.5. The molecular weight excluding hydrogens is 292 g/mol. The van der Waals surface area contributed by atoms with E-state index in [4.69, 9.17) is 14.2 Å². The number of hydrogen-bond donors (Lipinski definition) is 0. The molecule has 0 radical (unpaired) electrons. The molecule has 3 aromatic rings. The molecule has 0 spiro atoms. The summed E-state index contributed by atoms with van der Waals surface area (Å²) in [6.45, 7) is 0. The van der Waals surface area contributed by atoms with Gasteiger partial charge in [-0.05, 0) is 6.07 Å². The van der Waals surface area contributed by atoms with E-state index in [0.717, 1.165) is 10.1 Å². The zero-order valence-electron chi connectivity index (χ0n) is 11.7. The summed E-state index contributed by atoms with van der Waals surface area (Å²) in [6, 6.07) is 1.72. The Morgan fingerprint density at radius 1 is 1.05 bits per heavy atom. The third-order valence-corrected chi connectivity index (χ3v) is 4.22. The highest BCUT2D eigenvalue weighted by Crippen LogP contribution is 2.44. The molecule has 0 unspecified atom stereocenters. The predicted octanol–water partition coefficient (Wildman–Crippen LogP) is 2.65. The second-order valence-electron chi connectivity index (χ2n) is 4.17. The van der Waals surface area contributed by atoms with Gasteiger partial charge in [0.25, 0.3) is 0 Å². The first kappa shape index (κ1) is 13.6. The number of aromatic nitrogens is 2. The summed E-state index contributed by atoms with van der Waals surface area (Å²) >= 11 is 1.28. The molecule has 0 aliphatic rings. The lowest BCUT2D eigenvalue weighted by molar-refractivity contribution is 0.0606. The van der Waals surface area contributed by atoms with Crippen molar-refractivity contribution in [3.8, 4) is 11.5 Å². The molecule has 0 saturated heterocycles. The minimum absolute atomic E-state index is 0.398. The molecule has 0 atom stereocenters. The van der Waals surface area contributed by atoms with E-state index in [1.54, 1.807) is 32.7 Å². The van der Waals surface area contributed by atoms with Crippen LogP contribution in [-0.2, 0) is 4.74 Å². The van der Waals surface area contributed by atoms with Crippen LogP contribution < -0.4 is 9.47 Å². The van der Waals surface area contributed by atoms with Gasteiger partial charge in [0.2, 0.25) is 0 Å². The summed E-state index contributed by atoms with van der Waals surface area (Å²) in [5.74, 6) is 0.750. The second-order valence-corrected chi connectivity index (χ2v) is 5.22. The Labute approximate surface area is 124 Å². The Bertz CT molecular complexity index is 783. The van der Waals surface area contributed by atoms with Gasteiger partial charge in [-0.25, -0.2) is 14.8 Å². The topological polar surface area (TPSA) is 70.5 Å². The highest BCUT2D eigenvalue weighted by molar-refractivity contribution is 7.21. The van der Waals surface area contributed by atoms with Crippen LogP contribution in [0, 0.1) is 0 Å². The summed E-state index contributed by atoms with van der Waals surface area (Å²) < 4.78 is 16.5. The number of benzene rings is 1. The number of carbonyl (C=O) groups excluding carboxylic acids is 1. The van der Waals surface area contributed by atoms with E-state index >= 15 is 0 Å². The van der Waals surface area contributed by atoms with Crippen LogP contribution >= 0.6 is 11.3 Å². The van der Waals surface area contributed by atoms with Crippen molar-refractivity contribution in [2.75, 3.05) is 21.3 Å². The molecule has 2 aromatic heterocycles. The number of ether oxygens (including phenoxy) is 3. The highest BCUT2D eigenvalue weighted by Gasteiger charge is 2.22. The molecule has 0 aliphatic carbocycles. The first-order valence-electron chi connectivity index (χ1n) is 6.07. The molecule has 2 heterocycles. The average Bonchev–Trinajstić information content (AvgIpc) is 2.96. The smallest absolute Gasteiger partial charge is 0.348 e. The fourth-order valence-electron chi connectivity index (χ4n) is 2.23. The maximum absolute atomic E-state index is 11.8. The molecule has 0 fully saturated rings. The van der Waals surface area contributed by atoms with Crippen molar-refractivity contribution in [2.45, 2.75) is 0 Å². The fourth-order valence-corrected chi connectivity index (χ4v) is 3.33. The molecule has 7 heteroatoms. The quantitative estimate of drug-likeness (QED) is 0.693. The maximum atomic E-state index is 11.8. The Morgan fingerprint density at radius 3 is 2.24 bits per heavy atom. The lowest BCUT2D eigenvalue weighted by Gasteiger charge is -2.10. The number of rotatable bonds is 3. The number of thiophene rings is 1. The SMILES string of the molecule is COC(=O)c1cc2c(OC)c3nccnc3c(OC)c2s1. The van der Waals surface area contributed by atoms with Crippen LogP contribution in [0.2, 0.25) is 0 Å². The molecule has 6 nitrogen and oxygen atoms in total. The summed E-state index contributed by atoms with van der Waals surface area (Å²) in [6.07, 6.45) is 3.18. The Kier molecular flexibility index (Phi) is 3.34. The van der Waals surface area contributed by atoms with Gasteiger partial charge in [-0.2, -0.15) is 0 Å². The maximum Gasteiger partial charge on any atom is 0.348 e. The average molecular weight is 304 g/mol. The van der Waals surface area contributed by atoms with Crippen LogP contribution in [0.4, 0.5) is 0 Å². The number of esters is 1. The van der Waals surface area contributed by atoms with Crippen LogP contribution in [0.1, 0.15) is 9.67 Å². The molecule has 0 aliphatic heterocycles. The lowest BCUT2D eigenvalue weighted by Crippen LogP contribution is -1.96. The predicted molar refractivity (Wildman–Crippen MR) is 79.4 cm³/mol. The van der Waals surface area contributed by atoms with Crippen LogP contribution in [0.5, 0.6) is 11.5 Å². The first-order chi connectivity index (χ1) is 10.2. The monoisotopic (exact) mass is 304 g/mol. The molecule has 0 N–H and O–H groups in total. The van der Waals surface area contributed by atoms with Gasteiger partial charge in [0.15, 0.2) is 11.5 Å². The van der Waals surface area contributed by atoms with Crippen molar-refractivity contribution in [1.82, 2.24) is 9.97 Å². The number of nitrogens with zero attached hydrogens (tertiary/aromatic N) is 2. The second kappa shape index (κ2) is 5.17. The van der Waals surface area contributed by atoms with Crippen LogP contribution in [0.25, 0.3) is 21.1 Å². The molecule has 0 saturated carbocycles. The van der Waals surface area contributed by atoms with E-state index in [1.165, 1.54) is 18.4 Å². The Morgan fingerprint density at radius 2 is 1.67 bits per heavy atom. The van der Waals surface area contributed by atoms with E-state index in [0.29, 0.717) is 27.4 Å². The molecule has 0 amide bonds. The number of methoxy groups -OCH3 is 3. The van der Waals surface area contributed by atoms with Crippen molar-refractivity contribution in [2.24, 2.45) is 0 Å². The van der Waals surface area contributed by atoms with E-state index < -0.39 is 5.97 Å². The van der Waals surface area contributed by atoms with Gasteiger partial charge in [-0.3, -0.25) is 0 Å². The largest absolute Gasteiger partial charge is 0.494 e. The highest BCUT2D eigenvalue weighted by atomic mass is 32.1. The van der Waals surface area contributed by atoms with Crippen LogP contribution in [-0.4, -0.2) is 37.3 Å². The van der Waals surface area contributed by atoms with Gasteiger partial charge >= 0.3 is 5.97 Å².